The Bertz CT molecular complexity index is 1330. The van der Waals surface area contributed by atoms with Crippen LogP contribution in [0.15, 0.2) is 72.3 Å². The van der Waals surface area contributed by atoms with Crippen LogP contribution in [0.25, 0.3) is 23.0 Å². The summed E-state index contributed by atoms with van der Waals surface area (Å²) < 4.78 is 13.9. The number of hydrogen-bond donors (Lipinski definition) is 0. The molecule has 0 radical (unpaired) electrons. The minimum Gasteiger partial charge on any atom is -0.489 e. The number of thioether (sulfide) groups is 1. The van der Waals surface area contributed by atoms with Crippen LogP contribution < -0.4 is 4.74 Å². The number of nitrogens with zero attached hydrogens (tertiary/aromatic N) is 3. The van der Waals surface area contributed by atoms with Gasteiger partial charge in [0.15, 0.2) is 0 Å². The van der Waals surface area contributed by atoms with Gasteiger partial charge in [-0.2, -0.15) is 5.10 Å². The van der Waals surface area contributed by atoms with E-state index in [-0.39, 0.29) is 12.0 Å². The average Bonchev–Trinajstić information content (AvgIpc) is 3.61. The molecule has 0 bridgehead atoms. The van der Waals surface area contributed by atoms with Crippen molar-refractivity contribution in [1.29, 1.82) is 0 Å². The van der Waals surface area contributed by atoms with E-state index in [2.05, 4.69) is 12.6 Å². The van der Waals surface area contributed by atoms with Crippen molar-refractivity contribution in [2.24, 2.45) is 0 Å². The number of amides is 1. The van der Waals surface area contributed by atoms with E-state index in [9.17, 15) is 4.79 Å². The second-order valence-electron chi connectivity index (χ2n) is 8.72. The highest BCUT2D eigenvalue weighted by atomic mass is 32.2. The average molecular weight is 518 g/mol. The summed E-state index contributed by atoms with van der Waals surface area (Å²) in [6, 6.07) is 15.9. The molecule has 2 aromatic carbocycles. The van der Waals surface area contributed by atoms with Gasteiger partial charge < -0.3 is 9.47 Å². The fourth-order valence-corrected chi connectivity index (χ4v) is 5.59. The number of rotatable bonds is 8. The molecule has 0 N–H and O–H groups in total. The van der Waals surface area contributed by atoms with Crippen molar-refractivity contribution in [3.8, 4) is 22.7 Å². The van der Waals surface area contributed by atoms with Crippen LogP contribution in [-0.2, 0) is 9.53 Å². The molecule has 1 aromatic heterocycles. The van der Waals surface area contributed by atoms with Crippen LogP contribution in [0.5, 0.6) is 5.75 Å². The summed E-state index contributed by atoms with van der Waals surface area (Å²) in [6.07, 6.45) is 7.60. The van der Waals surface area contributed by atoms with Crippen molar-refractivity contribution in [1.82, 2.24) is 14.7 Å². The highest BCUT2D eigenvalue weighted by molar-refractivity contribution is 8.26. The van der Waals surface area contributed by atoms with Gasteiger partial charge in [0, 0.05) is 23.9 Å². The molecule has 6 nitrogen and oxygen atoms in total. The molecular formula is C28H27N3O3S2. The Morgan fingerprint density at radius 2 is 2.11 bits per heavy atom. The first-order valence-electron chi connectivity index (χ1n) is 11.9. The first-order chi connectivity index (χ1) is 17.5. The SMILES string of the molecule is C=CCOc1ccc(-c2nn(-c3ccccc3)cc2/C=C2\SC(=S)N(C[C@H]3CCCO3)C2=O)cc1C. The Morgan fingerprint density at radius 1 is 1.28 bits per heavy atom. The molecule has 0 saturated carbocycles. The number of thiocarbonyl (C=S) groups is 1. The molecule has 184 valence electrons. The summed E-state index contributed by atoms with van der Waals surface area (Å²) in [5, 5.41) is 4.90. The number of para-hydroxylation sites is 1. The molecule has 1 atom stereocenters. The largest absolute Gasteiger partial charge is 0.489 e. The number of carbonyl (C=O) groups excluding carboxylic acids is 1. The Morgan fingerprint density at radius 3 is 2.83 bits per heavy atom. The van der Waals surface area contributed by atoms with Gasteiger partial charge in [-0.25, -0.2) is 4.68 Å². The number of hydrogen-bond acceptors (Lipinski definition) is 6. The Kier molecular flexibility index (Phi) is 7.36. The van der Waals surface area contributed by atoms with Gasteiger partial charge in [-0.1, -0.05) is 54.8 Å². The Balaban J connectivity index is 1.51. The van der Waals surface area contributed by atoms with Crippen molar-refractivity contribution in [3.63, 3.8) is 0 Å². The highest BCUT2D eigenvalue weighted by Crippen LogP contribution is 2.36. The molecule has 2 aliphatic heterocycles. The Labute approximate surface area is 220 Å². The van der Waals surface area contributed by atoms with Gasteiger partial charge in [0.05, 0.1) is 23.2 Å². The fourth-order valence-electron chi connectivity index (χ4n) is 4.33. The van der Waals surface area contributed by atoms with Gasteiger partial charge in [0.1, 0.15) is 22.4 Å². The van der Waals surface area contributed by atoms with Crippen LogP contribution >= 0.6 is 24.0 Å². The van der Waals surface area contributed by atoms with Gasteiger partial charge in [-0.3, -0.25) is 9.69 Å². The predicted molar refractivity (Wildman–Crippen MR) is 148 cm³/mol. The predicted octanol–water partition coefficient (Wildman–Crippen LogP) is 5.79. The normalized spacial score (nSPS) is 18.9. The van der Waals surface area contributed by atoms with E-state index in [0.29, 0.717) is 22.4 Å². The summed E-state index contributed by atoms with van der Waals surface area (Å²) in [5.74, 6) is 0.723. The molecule has 2 saturated heterocycles. The zero-order valence-corrected chi connectivity index (χ0v) is 21.7. The maximum Gasteiger partial charge on any atom is 0.266 e. The van der Waals surface area contributed by atoms with Crippen molar-refractivity contribution >= 4 is 40.3 Å². The van der Waals surface area contributed by atoms with Crippen LogP contribution in [-0.4, -0.2) is 50.8 Å². The zero-order chi connectivity index (χ0) is 25.1. The topological polar surface area (TPSA) is 56.6 Å². The van der Waals surface area contributed by atoms with Gasteiger partial charge in [-0.15, -0.1) is 0 Å². The quantitative estimate of drug-likeness (QED) is 0.214. The molecule has 3 heterocycles. The third-order valence-electron chi connectivity index (χ3n) is 6.14. The maximum atomic E-state index is 13.3. The lowest BCUT2D eigenvalue weighted by Crippen LogP contribution is -2.35. The van der Waals surface area contributed by atoms with Gasteiger partial charge >= 0.3 is 0 Å². The molecule has 0 spiro atoms. The van der Waals surface area contributed by atoms with Crippen molar-refractivity contribution in [3.05, 3.63) is 83.4 Å². The molecule has 2 fully saturated rings. The lowest BCUT2D eigenvalue weighted by Gasteiger charge is -2.18. The summed E-state index contributed by atoms with van der Waals surface area (Å²) >= 11 is 6.88. The zero-order valence-electron chi connectivity index (χ0n) is 20.1. The molecule has 5 rings (SSSR count). The number of aryl methyl sites for hydroxylation is 1. The smallest absolute Gasteiger partial charge is 0.266 e. The van der Waals surface area contributed by atoms with Gasteiger partial charge in [0.2, 0.25) is 0 Å². The summed E-state index contributed by atoms with van der Waals surface area (Å²) in [5.41, 5.74) is 4.50. The molecule has 8 heteroatoms. The number of ether oxygens (including phenoxy) is 2. The van der Waals surface area contributed by atoms with Gasteiger partial charge in [0.25, 0.3) is 5.91 Å². The summed E-state index contributed by atoms with van der Waals surface area (Å²) in [4.78, 5) is 15.5. The van der Waals surface area contributed by atoms with E-state index < -0.39 is 0 Å². The van der Waals surface area contributed by atoms with E-state index in [4.69, 9.17) is 26.8 Å². The number of aromatic nitrogens is 2. The highest BCUT2D eigenvalue weighted by Gasteiger charge is 2.35. The van der Waals surface area contributed by atoms with Crippen molar-refractivity contribution < 1.29 is 14.3 Å². The first kappa shape index (κ1) is 24.5. The summed E-state index contributed by atoms with van der Waals surface area (Å²) in [7, 11) is 0. The van der Waals surface area contributed by atoms with Crippen LogP contribution in [0, 0.1) is 6.92 Å². The number of carbonyl (C=O) groups is 1. The molecule has 0 unspecified atom stereocenters. The van der Waals surface area contributed by atoms with E-state index in [1.54, 1.807) is 11.0 Å². The van der Waals surface area contributed by atoms with Crippen LogP contribution in [0.4, 0.5) is 0 Å². The second kappa shape index (κ2) is 10.8. The molecule has 3 aromatic rings. The van der Waals surface area contributed by atoms with E-state index in [0.717, 1.165) is 53.3 Å². The monoisotopic (exact) mass is 517 g/mol. The molecule has 0 aliphatic carbocycles. The Hall–Kier alpha value is -3.20. The van der Waals surface area contributed by atoms with Crippen molar-refractivity contribution in [2.75, 3.05) is 19.8 Å². The molecule has 1 amide bonds. The molecular weight excluding hydrogens is 490 g/mol. The molecule has 2 aliphatic rings. The standard InChI is InChI=1S/C28H27N3O3S2/c1-3-13-34-24-12-11-20(15-19(24)2)26-21(17-31(29-26)22-8-5-4-6-9-22)16-25-27(32)30(28(35)36-25)18-23-10-7-14-33-23/h3-6,8-9,11-12,15-17,23H,1,7,10,13-14,18H2,2H3/b25-16-/t23-/m1/s1. The summed E-state index contributed by atoms with van der Waals surface area (Å²) in [6.45, 7) is 7.41. The lowest BCUT2D eigenvalue weighted by molar-refractivity contribution is -0.123. The third-order valence-corrected chi connectivity index (χ3v) is 7.52. The van der Waals surface area contributed by atoms with Crippen LogP contribution in [0.3, 0.4) is 0 Å². The van der Waals surface area contributed by atoms with E-state index >= 15 is 0 Å². The van der Waals surface area contributed by atoms with Gasteiger partial charge in [-0.05, 0) is 61.7 Å². The first-order valence-corrected chi connectivity index (χ1v) is 13.1. The van der Waals surface area contributed by atoms with E-state index in [1.807, 2.05) is 66.3 Å². The van der Waals surface area contributed by atoms with Crippen LogP contribution in [0.2, 0.25) is 0 Å². The maximum absolute atomic E-state index is 13.3. The minimum absolute atomic E-state index is 0.0491. The lowest BCUT2D eigenvalue weighted by atomic mass is 10.0. The van der Waals surface area contributed by atoms with Crippen LogP contribution in [0.1, 0.15) is 24.0 Å². The second-order valence-corrected chi connectivity index (χ2v) is 10.4. The third kappa shape index (κ3) is 5.16. The number of benzene rings is 2. The molecule has 36 heavy (non-hydrogen) atoms. The van der Waals surface area contributed by atoms with E-state index in [1.165, 1.54) is 11.8 Å². The fraction of sp³-hybridized carbons (Fsp3) is 0.250. The van der Waals surface area contributed by atoms with Crippen molar-refractivity contribution in [2.45, 2.75) is 25.9 Å². The minimum atomic E-state index is -0.0803.